The number of ether oxygens (including phenoxy) is 2. The van der Waals surface area contributed by atoms with E-state index >= 15 is 4.39 Å². The minimum absolute atomic E-state index is 0.181. The molecule has 0 aromatic heterocycles. The molecule has 2 aliphatic rings. The fraction of sp³-hybridized carbons (Fsp3) is 0.263. The Balaban J connectivity index is 1.95. The molecule has 1 atom stereocenters. The Kier molecular flexibility index (Phi) is 5.20. The van der Waals surface area contributed by atoms with Gasteiger partial charge in [0, 0.05) is 13.5 Å². The molecule has 0 saturated carbocycles. The molecule has 3 rings (SSSR count). The van der Waals surface area contributed by atoms with Crippen molar-refractivity contribution >= 4 is 17.4 Å². The third-order valence-corrected chi connectivity index (χ3v) is 4.43. The number of carbonyl (C=O) groups excluding carboxylic acids is 1. The molecule has 1 amide bonds. The Labute approximate surface area is 153 Å². The number of amides is 1. The number of alkyl halides is 1. The van der Waals surface area contributed by atoms with E-state index in [-0.39, 0.29) is 30.8 Å². The summed E-state index contributed by atoms with van der Waals surface area (Å²) < 4.78 is 39.8. The van der Waals surface area contributed by atoms with Gasteiger partial charge in [-0.05, 0) is 17.2 Å². The Morgan fingerprint density at radius 2 is 1.89 bits per heavy atom. The predicted molar refractivity (Wildman–Crippen MR) is 91.6 cm³/mol. The molecule has 1 aliphatic carbocycles. The van der Waals surface area contributed by atoms with E-state index in [4.69, 9.17) is 14.6 Å². The standard InChI is InChI=1S/C19H17F2NO5/c1-26-19(21)8-12(11-5-3-2-4-6-11)7-15(20)16(19)22-17(23)13-9-27-10-14(13)18(24)25/h2-7H,8-10H2,1H3,(H,22,23)(H,24,25). The lowest BCUT2D eigenvalue weighted by atomic mass is 9.91. The summed E-state index contributed by atoms with van der Waals surface area (Å²) in [5.41, 5.74) is -0.133. The van der Waals surface area contributed by atoms with Gasteiger partial charge in [0.25, 0.3) is 11.8 Å². The lowest BCUT2D eigenvalue weighted by Gasteiger charge is -2.31. The quantitative estimate of drug-likeness (QED) is 0.824. The van der Waals surface area contributed by atoms with Crippen LogP contribution < -0.4 is 5.32 Å². The van der Waals surface area contributed by atoms with E-state index in [1.807, 2.05) is 0 Å². The first-order valence-corrected chi connectivity index (χ1v) is 8.10. The number of benzene rings is 1. The van der Waals surface area contributed by atoms with Gasteiger partial charge < -0.3 is 19.9 Å². The number of carboxylic acids is 1. The van der Waals surface area contributed by atoms with E-state index in [2.05, 4.69) is 5.32 Å². The van der Waals surface area contributed by atoms with Crippen molar-refractivity contribution < 1.29 is 33.0 Å². The first kappa shape index (κ1) is 18.9. The van der Waals surface area contributed by atoms with Gasteiger partial charge in [0.2, 0.25) is 0 Å². The van der Waals surface area contributed by atoms with E-state index in [1.165, 1.54) is 0 Å². The maximum atomic E-state index is 15.3. The van der Waals surface area contributed by atoms with Crippen LogP contribution in [0.1, 0.15) is 12.0 Å². The average Bonchev–Trinajstić information content (AvgIpc) is 3.15. The molecule has 1 aromatic rings. The number of hydrogen-bond acceptors (Lipinski definition) is 4. The zero-order valence-corrected chi connectivity index (χ0v) is 14.4. The monoisotopic (exact) mass is 377 g/mol. The Hall–Kier alpha value is -2.84. The van der Waals surface area contributed by atoms with Crippen LogP contribution in [0.25, 0.3) is 5.57 Å². The fourth-order valence-corrected chi connectivity index (χ4v) is 2.96. The van der Waals surface area contributed by atoms with E-state index in [0.29, 0.717) is 11.1 Å². The molecule has 0 bridgehead atoms. The molecule has 1 aliphatic heterocycles. The van der Waals surface area contributed by atoms with Gasteiger partial charge in [-0.1, -0.05) is 30.3 Å². The van der Waals surface area contributed by atoms with E-state index < -0.39 is 29.3 Å². The number of allylic oxidation sites excluding steroid dienone is 2. The molecule has 0 radical (unpaired) electrons. The van der Waals surface area contributed by atoms with Gasteiger partial charge in [-0.15, -0.1) is 0 Å². The number of rotatable bonds is 5. The molecule has 1 aromatic carbocycles. The number of carbonyl (C=O) groups is 2. The van der Waals surface area contributed by atoms with Crippen LogP contribution in [0.15, 0.2) is 59.1 Å². The van der Waals surface area contributed by atoms with Crippen molar-refractivity contribution in [2.75, 3.05) is 20.3 Å². The zero-order valence-electron chi connectivity index (χ0n) is 14.4. The van der Waals surface area contributed by atoms with E-state index in [9.17, 15) is 14.0 Å². The summed E-state index contributed by atoms with van der Waals surface area (Å²) in [7, 11) is 1.06. The minimum atomic E-state index is -2.61. The number of hydrogen-bond donors (Lipinski definition) is 2. The van der Waals surface area contributed by atoms with Crippen LogP contribution in [0.3, 0.4) is 0 Å². The first-order valence-electron chi connectivity index (χ1n) is 8.10. The molecule has 6 nitrogen and oxygen atoms in total. The SMILES string of the molecule is COC1(F)CC(c2ccccc2)=CC(F)=C1NC(=O)C1=C(C(=O)O)COC1. The second-order valence-corrected chi connectivity index (χ2v) is 6.08. The lowest BCUT2D eigenvalue weighted by Crippen LogP contribution is -2.42. The molecule has 142 valence electrons. The van der Waals surface area contributed by atoms with Crippen molar-refractivity contribution in [1.29, 1.82) is 0 Å². The highest BCUT2D eigenvalue weighted by Gasteiger charge is 2.43. The molecular weight excluding hydrogens is 360 g/mol. The highest BCUT2D eigenvalue weighted by Crippen LogP contribution is 2.40. The van der Waals surface area contributed by atoms with Crippen LogP contribution in [0.5, 0.6) is 0 Å². The fourth-order valence-electron chi connectivity index (χ4n) is 2.96. The highest BCUT2D eigenvalue weighted by atomic mass is 19.2. The zero-order chi connectivity index (χ0) is 19.6. The average molecular weight is 377 g/mol. The van der Waals surface area contributed by atoms with Crippen molar-refractivity contribution in [3.63, 3.8) is 0 Å². The molecule has 2 N–H and O–H groups in total. The van der Waals surface area contributed by atoms with Gasteiger partial charge >= 0.3 is 5.97 Å². The van der Waals surface area contributed by atoms with Crippen molar-refractivity contribution in [2.45, 2.75) is 12.3 Å². The number of halogens is 2. The molecule has 1 heterocycles. The second-order valence-electron chi connectivity index (χ2n) is 6.08. The summed E-state index contributed by atoms with van der Waals surface area (Å²) >= 11 is 0. The number of aliphatic carboxylic acids is 1. The maximum Gasteiger partial charge on any atom is 0.334 e. The molecule has 0 fully saturated rings. The Morgan fingerprint density at radius 1 is 1.22 bits per heavy atom. The number of carboxylic acid groups (broad SMARTS) is 1. The highest BCUT2D eigenvalue weighted by molar-refractivity contribution is 6.04. The summed E-state index contributed by atoms with van der Waals surface area (Å²) in [4.78, 5) is 23.5. The Morgan fingerprint density at radius 3 is 2.52 bits per heavy atom. The van der Waals surface area contributed by atoms with Crippen LogP contribution in [0, 0.1) is 0 Å². The molecule has 1 unspecified atom stereocenters. The summed E-state index contributed by atoms with van der Waals surface area (Å²) in [6.07, 6.45) is 0.803. The number of methoxy groups -OCH3 is 1. The van der Waals surface area contributed by atoms with Crippen LogP contribution in [-0.2, 0) is 19.1 Å². The van der Waals surface area contributed by atoms with Crippen LogP contribution in [0.2, 0.25) is 0 Å². The van der Waals surface area contributed by atoms with Gasteiger partial charge in [0.1, 0.15) is 11.5 Å². The van der Waals surface area contributed by atoms with E-state index in [1.54, 1.807) is 30.3 Å². The summed E-state index contributed by atoms with van der Waals surface area (Å²) in [5.74, 6) is -5.87. The molecule has 0 spiro atoms. The third-order valence-electron chi connectivity index (χ3n) is 4.43. The van der Waals surface area contributed by atoms with Crippen molar-refractivity contribution in [3.8, 4) is 0 Å². The minimum Gasteiger partial charge on any atom is -0.478 e. The van der Waals surface area contributed by atoms with Crippen LogP contribution in [-0.4, -0.2) is 43.2 Å². The normalized spacial score (nSPS) is 22.7. The molecule has 8 heteroatoms. The summed E-state index contributed by atoms with van der Waals surface area (Å²) in [6, 6.07) is 8.67. The van der Waals surface area contributed by atoms with Crippen molar-refractivity contribution in [2.24, 2.45) is 0 Å². The van der Waals surface area contributed by atoms with Gasteiger partial charge in [-0.3, -0.25) is 4.79 Å². The van der Waals surface area contributed by atoms with Gasteiger partial charge in [0.15, 0.2) is 0 Å². The Bertz CT molecular complexity index is 875. The first-order chi connectivity index (χ1) is 12.9. The maximum absolute atomic E-state index is 15.3. The largest absolute Gasteiger partial charge is 0.478 e. The van der Waals surface area contributed by atoms with Gasteiger partial charge in [-0.2, -0.15) is 0 Å². The summed E-state index contributed by atoms with van der Waals surface area (Å²) in [6.45, 7) is -0.498. The molecule has 0 saturated heterocycles. The lowest BCUT2D eigenvalue weighted by molar-refractivity contribution is -0.133. The summed E-state index contributed by atoms with van der Waals surface area (Å²) in [5, 5.41) is 11.2. The van der Waals surface area contributed by atoms with Gasteiger partial charge in [0.05, 0.1) is 24.4 Å². The van der Waals surface area contributed by atoms with Crippen LogP contribution >= 0.6 is 0 Å². The topological polar surface area (TPSA) is 84.9 Å². The van der Waals surface area contributed by atoms with Crippen molar-refractivity contribution in [3.05, 3.63) is 64.6 Å². The van der Waals surface area contributed by atoms with Crippen molar-refractivity contribution in [1.82, 2.24) is 5.32 Å². The second kappa shape index (κ2) is 7.42. The molecule has 27 heavy (non-hydrogen) atoms. The molecular formula is C19H17F2NO5. The number of nitrogens with one attached hydrogen (secondary N) is 1. The third kappa shape index (κ3) is 3.67. The van der Waals surface area contributed by atoms with E-state index in [0.717, 1.165) is 13.2 Å². The van der Waals surface area contributed by atoms with Gasteiger partial charge in [-0.25, -0.2) is 13.6 Å². The predicted octanol–water partition coefficient (Wildman–Crippen LogP) is 2.49. The smallest absolute Gasteiger partial charge is 0.334 e. The van der Waals surface area contributed by atoms with Crippen LogP contribution in [0.4, 0.5) is 8.78 Å².